The minimum atomic E-state index is 0.143. The summed E-state index contributed by atoms with van der Waals surface area (Å²) in [5.41, 5.74) is 0. The van der Waals surface area contributed by atoms with E-state index in [4.69, 9.17) is 4.74 Å². The predicted octanol–water partition coefficient (Wildman–Crippen LogP) is 1.31. The summed E-state index contributed by atoms with van der Waals surface area (Å²) in [5.74, 6) is 0.143. The number of hydrogen-bond acceptors (Lipinski definition) is 3. The van der Waals surface area contributed by atoms with Crippen molar-refractivity contribution in [2.75, 3.05) is 33.4 Å². The molecule has 4 heteroatoms. The summed E-state index contributed by atoms with van der Waals surface area (Å²) in [4.78, 5) is 11.3. The van der Waals surface area contributed by atoms with Crippen LogP contribution in [0.5, 0.6) is 0 Å². The summed E-state index contributed by atoms with van der Waals surface area (Å²) in [6, 6.07) is 0. The van der Waals surface area contributed by atoms with E-state index in [1.807, 2.05) is 7.05 Å². The molecule has 0 atom stereocenters. The second-order valence-electron chi connectivity index (χ2n) is 3.88. The van der Waals surface area contributed by atoms with Crippen LogP contribution < -0.4 is 10.6 Å². The highest BCUT2D eigenvalue weighted by Crippen LogP contribution is 1.92. The molecule has 0 fully saturated rings. The van der Waals surface area contributed by atoms with Gasteiger partial charge in [0.05, 0.1) is 0 Å². The molecule has 0 aromatic heterocycles. The summed E-state index contributed by atoms with van der Waals surface area (Å²) >= 11 is 0. The fourth-order valence-electron chi connectivity index (χ4n) is 1.32. The van der Waals surface area contributed by atoms with Gasteiger partial charge in [0.1, 0.15) is 0 Å². The Labute approximate surface area is 99.1 Å². The molecule has 0 heterocycles. The number of nitrogens with one attached hydrogen (secondary N) is 2. The Morgan fingerprint density at radius 1 is 1.12 bits per heavy atom. The molecule has 0 aliphatic carbocycles. The molecular weight excluding hydrogens is 204 g/mol. The van der Waals surface area contributed by atoms with Gasteiger partial charge in [0.25, 0.3) is 0 Å². The van der Waals surface area contributed by atoms with Crippen molar-refractivity contribution < 1.29 is 9.53 Å². The summed E-state index contributed by atoms with van der Waals surface area (Å²) in [5, 5.41) is 5.99. The first kappa shape index (κ1) is 15.4. The molecule has 0 spiro atoms. The molecule has 0 saturated carbocycles. The molecule has 0 saturated heterocycles. The molecule has 0 rings (SSSR count). The molecule has 16 heavy (non-hydrogen) atoms. The maximum Gasteiger partial charge on any atom is 0.220 e. The van der Waals surface area contributed by atoms with Gasteiger partial charge < -0.3 is 15.4 Å². The molecule has 96 valence electrons. The van der Waals surface area contributed by atoms with Crippen molar-refractivity contribution in [3.63, 3.8) is 0 Å². The van der Waals surface area contributed by atoms with Crippen LogP contribution in [0.15, 0.2) is 0 Å². The van der Waals surface area contributed by atoms with Gasteiger partial charge in [-0.1, -0.05) is 6.92 Å². The second-order valence-corrected chi connectivity index (χ2v) is 3.88. The largest absolute Gasteiger partial charge is 0.381 e. The van der Waals surface area contributed by atoms with E-state index in [9.17, 15) is 4.79 Å². The lowest BCUT2D eigenvalue weighted by Gasteiger charge is -2.05. The maximum atomic E-state index is 11.3. The molecule has 0 unspecified atom stereocenters. The summed E-state index contributed by atoms with van der Waals surface area (Å²) in [6.07, 6.45) is 4.59. The minimum Gasteiger partial charge on any atom is -0.381 e. The van der Waals surface area contributed by atoms with Crippen LogP contribution in [0.4, 0.5) is 0 Å². The number of unbranched alkanes of at least 4 members (excludes halogenated alkanes) is 1. The van der Waals surface area contributed by atoms with Crippen LogP contribution in [0.25, 0.3) is 0 Å². The second kappa shape index (κ2) is 12.5. The lowest BCUT2D eigenvalue weighted by Crippen LogP contribution is -2.25. The zero-order chi connectivity index (χ0) is 12.1. The Balaban J connectivity index is 3.12. The van der Waals surface area contributed by atoms with Gasteiger partial charge >= 0.3 is 0 Å². The number of hydrogen-bond donors (Lipinski definition) is 2. The third-order valence-corrected chi connectivity index (χ3v) is 2.22. The zero-order valence-corrected chi connectivity index (χ0v) is 10.7. The molecule has 0 aliphatic rings. The van der Waals surface area contributed by atoms with Gasteiger partial charge in [0.15, 0.2) is 0 Å². The Morgan fingerprint density at radius 2 is 1.88 bits per heavy atom. The standard InChI is InChI=1S/C12H26N2O2/c1-3-10-16-11-6-7-12(15)14-9-5-4-8-13-2/h13H,3-11H2,1-2H3,(H,14,15). The molecule has 0 aliphatic heterocycles. The number of ether oxygens (including phenoxy) is 1. The van der Waals surface area contributed by atoms with E-state index < -0.39 is 0 Å². The predicted molar refractivity (Wildman–Crippen MR) is 66.5 cm³/mol. The lowest BCUT2D eigenvalue weighted by molar-refractivity contribution is -0.121. The van der Waals surface area contributed by atoms with Crippen molar-refractivity contribution in [1.82, 2.24) is 10.6 Å². The van der Waals surface area contributed by atoms with Crippen LogP contribution in [-0.4, -0.2) is 39.3 Å². The van der Waals surface area contributed by atoms with E-state index in [-0.39, 0.29) is 5.91 Å². The van der Waals surface area contributed by atoms with Crippen molar-refractivity contribution in [2.45, 2.75) is 39.0 Å². The van der Waals surface area contributed by atoms with Crippen LogP contribution in [0.2, 0.25) is 0 Å². The molecule has 0 aromatic carbocycles. The van der Waals surface area contributed by atoms with Crippen LogP contribution in [0, 0.1) is 0 Å². The van der Waals surface area contributed by atoms with Crippen molar-refractivity contribution in [3.8, 4) is 0 Å². The number of rotatable bonds is 11. The Bertz CT molecular complexity index is 147. The van der Waals surface area contributed by atoms with Crippen LogP contribution in [0.3, 0.4) is 0 Å². The van der Waals surface area contributed by atoms with Crippen molar-refractivity contribution in [3.05, 3.63) is 0 Å². The van der Waals surface area contributed by atoms with E-state index in [0.717, 1.165) is 45.4 Å². The molecule has 1 amide bonds. The fraction of sp³-hybridized carbons (Fsp3) is 0.917. The Morgan fingerprint density at radius 3 is 2.56 bits per heavy atom. The van der Waals surface area contributed by atoms with Gasteiger partial charge in [-0.3, -0.25) is 4.79 Å². The van der Waals surface area contributed by atoms with Crippen molar-refractivity contribution >= 4 is 5.91 Å². The summed E-state index contributed by atoms with van der Waals surface area (Å²) in [6.45, 7) is 5.38. The molecular formula is C12H26N2O2. The highest BCUT2D eigenvalue weighted by atomic mass is 16.5. The number of carbonyl (C=O) groups is 1. The van der Waals surface area contributed by atoms with Crippen LogP contribution >= 0.6 is 0 Å². The van der Waals surface area contributed by atoms with Crippen LogP contribution in [0.1, 0.15) is 39.0 Å². The topological polar surface area (TPSA) is 50.4 Å². The normalized spacial score (nSPS) is 10.4. The summed E-state index contributed by atoms with van der Waals surface area (Å²) < 4.78 is 5.30. The first-order chi connectivity index (χ1) is 7.81. The van der Waals surface area contributed by atoms with Gasteiger partial charge in [0.2, 0.25) is 5.91 Å². The molecule has 0 aromatic rings. The van der Waals surface area contributed by atoms with Gasteiger partial charge in [-0.2, -0.15) is 0 Å². The Hall–Kier alpha value is -0.610. The molecule has 2 N–H and O–H groups in total. The highest BCUT2D eigenvalue weighted by Gasteiger charge is 1.99. The smallest absolute Gasteiger partial charge is 0.220 e. The number of amides is 1. The van der Waals surface area contributed by atoms with E-state index >= 15 is 0 Å². The van der Waals surface area contributed by atoms with E-state index in [1.165, 1.54) is 0 Å². The maximum absolute atomic E-state index is 11.3. The SMILES string of the molecule is CCCOCCCC(=O)NCCCCNC. The van der Waals surface area contributed by atoms with Gasteiger partial charge in [0, 0.05) is 26.2 Å². The quantitative estimate of drug-likeness (QED) is 0.526. The van der Waals surface area contributed by atoms with Gasteiger partial charge in [-0.05, 0) is 39.3 Å². The first-order valence-electron chi connectivity index (χ1n) is 6.30. The summed E-state index contributed by atoms with van der Waals surface area (Å²) in [7, 11) is 1.94. The van der Waals surface area contributed by atoms with E-state index in [1.54, 1.807) is 0 Å². The molecule has 0 bridgehead atoms. The molecule has 0 radical (unpaired) electrons. The third kappa shape index (κ3) is 11.5. The third-order valence-electron chi connectivity index (χ3n) is 2.22. The minimum absolute atomic E-state index is 0.143. The molecule has 4 nitrogen and oxygen atoms in total. The van der Waals surface area contributed by atoms with E-state index in [2.05, 4.69) is 17.6 Å². The Kier molecular flexibility index (Phi) is 12.0. The van der Waals surface area contributed by atoms with Crippen molar-refractivity contribution in [2.24, 2.45) is 0 Å². The fourth-order valence-corrected chi connectivity index (χ4v) is 1.32. The zero-order valence-electron chi connectivity index (χ0n) is 10.7. The first-order valence-corrected chi connectivity index (χ1v) is 6.30. The monoisotopic (exact) mass is 230 g/mol. The van der Waals surface area contributed by atoms with Gasteiger partial charge in [-0.15, -0.1) is 0 Å². The lowest BCUT2D eigenvalue weighted by atomic mass is 10.3. The average Bonchev–Trinajstić information content (AvgIpc) is 2.28. The van der Waals surface area contributed by atoms with E-state index in [0.29, 0.717) is 13.0 Å². The van der Waals surface area contributed by atoms with Crippen LogP contribution in [-0.2, 0) is 9.53 Å². The average molecular weight is 230 g/mol. The highest BCUT2D eigenvalue weighted by molar-refractivity contribution is 5.75. The van der Waals surface area contributed by atoms with Crippen molar-refractivity contribution in [1.29, 1.82) is 0 Å². The number of carbonyl (C=O) groups excluding carboxylic acids is 1. The van der Waals surface area contributed by atoms with Gasteiger partial charge in [-0.25, -0.2) is 0 Å².